The Bertz CT molecular complexity index is 589. The van der Waals surface area contributed by atoms with Gasteiger partial charge in [0.15, 0.2) is 0 Å². The Kier molecular flexibility index (Phi) is 6.53. The predicted octanol–water partition coefficient (Wildman–Crippen LogP) is 1.34. The van der Waals surface area contributed by atoms with E-state index in [0.717, 1.165) is 6.42 Å². The van der Waals surface area contributed by atoms with E-state index >= 15 is 0 Å². The van der Waals surface area contributed by atoms with E-state index in [1.54, 1.807) is 0 Å². The molecule has 0 radical (unpaired) electrons. The van der Waals surface area contributed by atoms with Crippen LogP contribution in [-0.4, -0.2) is 40.1 Å². The summed E-state index contributed by atoms with van der Waals surface area (Å²) in [6, 6.07) is 3.66. The number of methoxy groups -OCH3 is 1. The first-order valence-corrected chi connectivity index (χ1v) is 7.91. The van der Waals surface area contributed by atoms with Gasteiger partial charge in [-0.05, 0) is 18.6 Å². The van der Waals surface area contributed by atoms with Gasteiger partial charge in [-0.2, -0.15) is 0 Å². The van der Waals surface area contributed by atoms with Crippen LogP contribution in [0, 0.1) is 10.1 Å². The van der Waals surface area contributed by atoms with Gasteiger partial charge in [-0.25, -0.2) is 13.1 Å². The molecule has 0 fully saturated rings. The predicted molar refractivity (Wildman–Crippen MR) is 78.9 cm³/mol. The molecule has 9 heteroatoms. The standard InChI is InChI=1S/C12H19N3O5S/c1-3-6-13-11-9-10(4-5-12(11)15(16)17)21(18,19)14-7-8-20-2/h4-5,9,13-14H,3,6-8H2,1-2H3. The van der Waals surface area contributed by atoms with Crippen LogP contribution >= 0.6 is 0 Å². The highest BCUT2D eigenvalue weighted by Crippen LogP contribution is 2.27. The van der Waals surface area contributed by atoms with E-state index < -0.39 is 14.9 Å². The largest absolute Gasteiger partial charge is 0.383 e. The Morgan fingerprint density at radius 3 is 2.62 bits per heavy atom. The lowest BCUT2D eigenvalue weighted by Crippen LogP contribution is -2.27. The zero-order valence-corrected chi connectivity index (χ0v) is 12.8. The number of nitrogens with zero attached hydrogens (tertiary/aromatic N) is 1. The van der Waals surface area contributed by atoms with E-state index in [2.05, 4.69) is 10.0 Å². The monoisotopic (exact) mass is 317 g/mol. The van der Waals surface area contributed by atoms with Crippen LogP contribution in [0.15, 0.2) is 23.1 Å². The maximum Gasteiger partial charge on any atom is 0.292 e. The van der Waals surface area contributed by atoms with Crippen molar-refractivity contribution in [3.8, 4) is 0 Å². The first kappa shape index (κ1) is 17.3. The van der Waals surface area contributed by atoms with Gasteiger partial charge in [0.25, 0.3) is 5.69 Å². The topological polar surface area (TPSA) is 111 Å². The van der Waals surface area contributed by atoms with E-state index in [-0.39, 0.29) is 29.4 Å². The summed E-state index contributed by atoms with van der Waals surface area (Å²) in [6.45, 7) is 2.80. The second-order valence-corrected chi connectivity index (χ2v) is 6.02. The molecule has 0 aliphatic rings. The summed E-state index contributed by atoms with van der Waals surface area (Å²) in [7, 11) is -2.25. The maximum absolute atomic E-state index is 12.0. The molecule has 1 aromatic carbocycles. The second kappa shape index (κ2) is 7.91. The van der Waals surface area contributed by atoms with E-state index in [1.165, 1.54) is 25.3 Å². The Labute approximate surface area is 123 Å². The number of rotatable bonds is 9. The molecule has 0 atom stereocenters. The molecule has 0 spiro atoms. The van der Waals surface area contributed by atoms with Gasteiger partial charge in [-0.3, -0.25) is 10.1 Å². The number of hydrogen-bond acceptors (Lipinski definition) is 6. The summed E-state index contributed by atoms with van der Waals surface area (Å²) < 4.78 is 31.2. The summed E-state index contributed by atoms with van der Waals surface area (Å²) in [6.07, 6.45) is 0.764. The fourth-order valence-corrected chi connectivity index (χ4v) is 2.64. The summed E-state index contributed by atoms with van der Waals surface area (Å²) in [5, 5.41) is 13.8. The van der Waals surface area contributed by atoms with Crippen molar-refractivity contribution in [3.63, 3.8) is 0 Å². The lowest BCUT2D eigenvalue weighted by molar-refractivity contribution is -0.384. The van der Waals surface area contributed by atoms with Crippen LogP contribution in [0.5, 0.6) is 0 Å². The van der Waals surface area contributed by atoms with Crippen LogP contribution in [-0.2, 0) is 14.8 Å². The summed E-state index contributed by atoms with van der Waals surface area (Å²) >= 11 is 0. The van der Waals surface area contributed by atoms with E-state index in [0.29, 0.717) is 6.54 Å². The van der Waals surface area contributed by atoms with Crippen molar-refractivity contribution >= 4 is 21.4 Å². The molecule has 1 aromatic rings. The van der Waals surface area contributed by atoms with E-state index in [9.17, 15) is 18.5 Å². The van der Waals surface area contributed by atoms with Gasteiger partial charge in [0.2, 0.25) is 10.0 Å². The van der Waals surface area contributed by atoms with Gasteiger partial charge in [-0.1, -0.05) is 6.92 Å². The molecule has 118 valence electrons. The van der Waals surface area contributed by atoms with Crippen molar-refractivity contribution in [1.29, 1.82) is 0 Å². The second-order valence-electron chi connectivity index (χ2n) is 4.25. The molecule has 0 saturated carbocycles. The maximum atomic E-state index is 12.0. The highest BCUT2D eigenvalue weighted by atomic mass is 32.2. The van der Waals surface area contributed by atoms with Crippen molar-refractivity contribution in [2.75, 3.05) is 32.1 Å². The lowest BCUT2D eigenvalue weighted by Gasteiger charge is -2.10. The summed E-state index contributed by atoms with van der Waals surface area (Å²) in [5.41, 5.74) is 0.0377. The molecular weight excluding hydrogens is 298 g/mol. The molecule has 2 N–H and O–H groups in total. The highest BCUT2D eigenvalue weighted by molar-refractivity contribution is 7.89. The molecular formula is C12H19N3O5S. The number of sulfonamides is 1. The third kappa shape index (κ3) is 4.96. The minimum atomic E-state index is -3.72. The van der Waals surface area contributed by atoms with Gasteiger partial charge in [0.05, 0.1) is 16.4 Å². The van der Waals surface area contributed by atoms with Crippen LogP contribution < -0.4 is 10.0 Å². The molecule has 0 aliphatic heterocycles. The van der Waals surface area contributed by atoms with Crippen LogP contribution in [0.2, 0.25) is 0 Å². The van der Waals surface area contributed by atoms with Crippen LogP contribution in [0.25, 0.3) is 0 Å². The number of benzene rings is 1. The van der Waals surface area contributed by atoms with Crippen molar-refractivity contribution in [2.45, 2.75) is 18.2 Å². The fourth-order valence-electron chi connectivity index (χ4n) is 1.60. The zero-order valence-electron chi connectivity index (χ0n) is 12.0. The molecule has 0 amide bonds. The number of hydrogen-bond donors (Lipinski definition) is 2. The van der Waals surface area contributed by atoms with Crippen molar-refractivity contribution in [2.24, 2.45) is 0 Å². The lowest BCUT2D eigenvalue weighted by atomic mass is 10.2. The fraction of sp³-hybridized carbons (Fsp3) is 0.500. The third-order valence-electron chi connectivity index (χ3n) is 2.64. The normalized spacial score (nSPS) is 11.3. The quantitative estimate of drug-likeness (QED) is 0.404. The summed E-state index contributed by atoms with van der Waals surface area (Å²) in [4.78, 5) is 10.4. The molecule has 0 saturated heterocycles. The molecule has 1 rings (SSSR count). The number of nitro groups is 1. The van der Waals surface area contributed by atoms with Crippen LogP contribution in [0.4, 0.5) is 11.4 Å². The van der Waals surface area contributed by atoms with Crippen molar-refractivity contribution in [3.05, 3.63) is 28.3 Å². The Hall–Kier alpha value is -1.71. The minimum Gasteiger partial charge on any atom is -0.383 e. The van der Waals surface area contributed by atoms with Crippen molar-refractivity contribution < 1.29 is 18.1 Å². The number of nitro benzene ring substituents is 1. The summed E-state index contributed by atoms with van der Waals surface area (Å²) in [5.74, 6) is 0. The smallest absolute Gasteiger partial charge is 0.292 e. The molecule has 0 bridgehead atoms. The Balaban J connectivity index is 3.06. The van der Waals surface area contributed by atoms with Gasteiger partial charge in [0, 0.05) is 26.3 Å². The van der Waals surface area contributed by atoms with Gasteiger partial charge >= 0.3 is 0 Å². The minimum absolute atomic E-state index is 0.0252. The molecule has 0 aliphatic carbocycles. The molecule has 0 aromatic heterocycles. The Morgan fingerprint density at radius 1 is 1.33 bits per heavy atom. The van der Waals surface area contributed by atoms with Crippen molar-refractivity contribution in [1.82, 2.24) is 4.72 Å². The van der Waals surface area contributed by atoms with Gasteiger partial charge in [0.1, 0.15) is 5.69 Å². The molecule has 21 heavy (non-hydrogen) atoms. The van der Waals surface area contributed by atoms with Crippen LogP contribution in [0.3, 0.4) is 0 Å². The molecule has 8 nitrogen and oxygen atoms in total. The number of ether oxygens (including phenoxy) is 1. The van der Waals surface area contributed by atoms with Crippen LogP contribution in [0.1, 0.15) is 13.3 Å². The average molecular weight is 317 g/mol. The number of nitrogens with one attached hydrogen (secondary N) is 2. The zero-order chi connectivity index (χ0) is 15.9. The molecule has 0 heterocycles. The first-order valence-electron chi connectivity index (χ1n) is 6.43. The van der Waals surface area contributed by atoms with E-state index in [1.807, 2.05) is 6.92 Å². The van der Waals surface area contributed by atoms with E-state index in [4.69, 9.17) is 4.74 Å². The Morgan fingerprint density at radius 2 is 2.05 bits per heavy atom. The molecule has 0 unspecified atom stereocenters. The average Bonchev–Trinajstić information content (AvgIpc) is 2.44. The van der Waals surface area contributed by atoms with Gasteiger partial charge < -0.3 is 10.1 Å². The SMILES string of the molecule is CCCNc1cc(S(=O)(=O)NCCOC)ccc1[N+](=O)[O-]. The third-order valence-corrected chi connectivity index (χ3v) is 4.10. The number of anilines is 1. The first-order chi connectivity index (χ1) is 9.92. The highest BCUT2D eigenvalue weighted by Gasteiger charge is 2.20. The van der Waals surface area contributed by atoms with Gasteiger partial charge in [-0.15, -0.1) is 0 Å².